The summed E-state index contributed by atoms with van der Waals surface area (Å²) in [5.41, 5.74) is 9.70. The number of rotatable bonds is 3. The van der Waals surface area contributed by atoms with Crippen molar-refractivity contribution >= 4 is 11.6 Å². The molecule has 0 spiro atoms. The highest BCUT2D eigenvalue weighted by molar-refractivity contribution is 6.31. The molecule has 3 rings (SSSR count). The van der Waals surface area contributed by atoms with Crippen LogP contribution in [-0.2, 0) is 12.8 Å². The normalized spacial score (nSPS) is 17.1. The molecule has 2 aromatic rings. The largest absolute Gasteiger partial charge is 0.487 e. The van der Waals surface area contributed by atoms with Crippen LogP contribution in [0.3, 0.4) is 0 Å². The summed E-state index contributed by atoms with van der Waals surface area (Å²) in [6, 6.07) is 14.1. The van der Waals surface area contributed by atoms with Crippen LogP contribution in [0.4, 0.5) is 0 Å². The number of ether oxygens (including phenoxy) is 1. The second kappa shape index (κ2) is 5.36. The Labute approximate surface area is 130 Å². The molecule has 1 aliphatic rings. The quantitative estimate of drug-likeness (QED) is 0.917. The van der Waals surface area contributed by atoms with E-state index in [4.69, 9.17) is 22.1 Å². The molecule has 110 valence electrons. The third kappa shape index (κ3) is 3.07. The maximum atomic E-state index is 6.36. The van der Waals surface area contributed by atoms with E-state index in [-0.39, 0.29) is 11.6 Å². The molecule has 2 N–H and O–H groups in total. The van der Waals surface area contributed by atoms with Gasteiger partial charge >= 0.3 is 0 Å². The summed E-state index contributed by atoms with van der Waals surface area (Å²) < 4.78 is 5.90. The Balaban J connectivity index is 1.81. The van der Waals surface area contributed by atoms with Gasteiger partial charge in [0.25, 0.3) is 0 Å². The summed E-state index contributed by atoms with van der Waals surface area (Å²) >= 11 is 6.21. The minimum absolute atomic E-state index is 0.0566. The molecule has 1 aliphatic heterocycles. The molecule has 0 fully saturated rings. The molecule has 0 saturated heterocycles. The zero-order valence-corrected chi connectivity index (χ0v) is 13.2. The highest BCUT2D eigenvalue weighted by Crippen LogP contribution is 2.36. The van der Waals surface area contributed by atoms with Crippen molar-refractivity contribution in [1.82, 2.24) is 0 Å². The van der Waals surface area contributed by atoms with Crippen molar-refractivity contribution < 1.29 is 4.74 Å². The van der Waals surface area contributed by atoms with E-state index in [2.05, 4.69) is 26.0 Å². The molecule has 0 bridgehead atoms. The van der Waals surface area contributed by atoms with Crippen molar-refractivity contribution in [2.24, 2.45) is 5.73 Å². The summed E-state index contributed by atoms with van der Waals surface area (Å²) in [6.07, 6.45) is 1.66. The number of hydrogen-bond donors (Lipinski definition) is 1. The van der Waals surface area contributed by atoms with Gasteiger partial charge < -0.3 is 10.5 Å². The van der Waals surface area contributed by atoms with Crippen LogP contribution < -0.4 is 10.5 Å². The van der Waals surface area contributed by atoms with Crippen LogP contribution in [0.1, 0.15) is 36.6 Å². The second-order valence-corrected chi connectivity index (χ2v) is 6.71. The minimum atomic E-state index is -0.117. The SMILES string of the molecule is CC1(C)Cc2cc(C(N)Cc3ccccc3Cl)ccc2O1. The minimum Gasteiger partial charge on any atom is -0.487 e. The smallest absolute Gasteiger partial charge is 0.123 e. The number of nitrogens with two attached hydrogens (primary N) is 1. The lowest BCUT2D eigenvalue weighted by Crippen LogP contribution is -2.24. The average molecular weight is 302 g/mol. The molecule has 21 heavy (non-hydrogen) atoms. The molecule has 0 amide bonds. The van der Waals surface area contributed by atoms with Gasteiger partial charge in [0.15, 0.2) is 0 Å². The van der Waals surface area contributed by atoms with Crippen LogP contribution in [-0.4, -0.2) is 5.60 Å². The predicted molar refractivity (Wildman–Crippen MR) is 86.9 cm³/mol. The van der Waals surface area contributed by atoms with Gasteiger partial charge in [0.2, 0.25) is 0 Å². The Hall–Kier alpha value is -1.51. The van der Waals surface area contributed by atoms with Gasteiger partial charge in [-0.25, -0.2) is 0 Å². The summed E-state index contributed by atoms with van der Waals surface area (Å²) in [5, 5.41) is 0.776. The molecule has 2 aromatic carbocycles. The topological polar surface area (TPSA) is 35.2 Å². The third-order valence-corrected chi connectivity index (χ3v) is 4.28. The first kappa shape index (κ1) is 14.4. The fourth-order valence-electron chi connectivity index (χ4n) is 2.88. The molecule has 0 aliphatic carbocycles. The van der Waals surface area contributed by atoms with Gasteiger partial charge in [0.05, 0.1) is 0 Å². The molecule has 0 radical (unpaired) electrons. The van der Waals surface area contributed by atoms with Crippen LogP contribution in [0.2, 0.25) is 5.02 Å². The van der Waals surface area contributed by atoms with Crippen LogP contribution in [0.25, 0.3) is 0 Å². The number of halogens is 1. The van der Waals surface area contributed by atoms with Crippen molar-refractivity contribution in [3.8, 4) is 5.75 Å². The van der Waals surface area contributed by atoms with Gasteiger partial charge in [-0.1, -0.05) is 41.9 Å². The number of benzene rings is 2. The molecule has 0 aromatic heterocycles. The Morgan fingerprint density at radius 3 is 2.76 bits per heavy atom. The summed E-state index contributed by atoms with van der Waals surface area (Å²) in [4.78, 5) is 0. The van der Waals surface area contributed by atoms with Crippen LogP contribution in [0.5, 0.6) is 5.75 Å². The fourth-order valence-corrected chi connectivity index (χ4v) is 3.09. The number of fused-ring (bicyclic) bond motifs is 1. The number of hydrogen-bond acceptors (Lipinski definition) is 2. The van der Waals surface area contributed by atoms with Crippen molar-refractivity contribution in [2.45, 2.75) is 38.3 Å². The lowest BCUT2D eigenvalue weighted by atomic mass is 9.95. The standard InChI is InChI=1S/C18H20ClNO/c1-18(2)11-14-9-13(7-8-17(14)21-18)16(20)10-12-5-3-4-6-15(12)19/h3-9,16H,10-11,20H2,1-2H3. The highest BCUT2D eigenvalue weighted by Gasteiger charge is 2.30. The highest BCUT2D eigenvalue weighted by atomic mass is 35.5. The third-order valence-electron chi connectivity index (χ3n) is 3.91. The van der Waals surface area contributed by atoms with E-state index in [1.807, 2.05) is 30.3 Å². The Morgan fingerprint density at radius 2 is 2.00 bits per heavy atom. The molecular weight excluding hydrogens is 282 g/mol. The lowest BCUT2D eigenvalue weighted by Gasteiger charge is -2.16. The molecule has 1 unspecified atom stereocenters. The van der Waals surface area contributed by atoms with Gasteiger partial charge in [-0.05, 0) is 49.1 Å². The molecule has 1 heterocycles. The summed E-state index contributed by atoms with van der Waals surface area (Å²) in [7, 11) is 0. The molecule has 1 atom stereocenters. The van der Waals surface area contributed by atoms with Gasteiger partial charge in [0, 0.05) is 17.5 Å². The first-order valence-corrected chi connectivity index (χ1v) is 7.63. The van der Waals surface area contributed by atoms with Crippen LogP contribution in [0, 0.1) is 0 Å². The molecule has 3 heteroatoms. The molecule has 2 nitrogen and oxygen atoms in total. The first-order chi connectivity index (χ1) is 9.94. The summed E-state index contributed by atoms with van der Waals surface area (Å²) in [6.45, 7) is 4.21. The van der Waals surface area contributed by atoms with Gasteiger partial charge in [-0.3, -0.25) is 0 Å². The van der Waals surface area contributed by atoms with Crippen molar-refractivity contribution in [2.75, 3.05) is 0 Å². The van der Waals surface area contributed by atoms with E-state index in [1.54, 1.807) is 0 Å². The van der Waals surface area contributed by atoms with Gasteiger partial charge in [-0.2, -0.15) is 0 Å². The van der Waals surface area contributed by atoms with Crippen molar-refractivity contribution in [1.29, 1.82) is 0 Å². The Bertz CT molecular complexity index is 666. The predicted octanol–water partition coefficient (Wildman–Crippen LogP) is 4.30. The van der Waals surface area contributed by atoms with E-state index in [9.17, 15) is 0 Å². The maximum absolute atomic E-state index is 6.36. The second-order valence-electron chi connectivity index (χ2n) is 6.31. The monoisotopic (exact) mass is 301 g/mol. The van der Waals surface area contributed by atoms with E-state index < -0.39 is 0 Å². The zero-order chi connectivity index (χ0) is 15.0. The fraction of sp³-hybridized carbons (Fsp3) is 0.333. The molecular formula is C18H20ClNO. The van der Waals surface area contributed by atoms with Crippen LogP contribution in [0.15, 0.2) is 42.5 Å². The first-order valence-electron chi connectivity index (χ1n) is 7.25. The average Bonchev–Trinajstić information content (AvgIpc) is 2.74. The van der Waals surface area contributed by atoms with E-state index in [0.717, 1.165) is 34.7 Å². The van der Waals surface area contributed by atoms with Crippen molar-refractivity contribution in [3.05, 3.63) is 64.2 Å². The van der Waals surface area contributed by atoms with Gasteiger partial charge in [-0.15, -0.1) is 0 Å². The molecule has 0 saturated carbocycles. The lowest BCUT2D eigenvalue weighted by molar-refractivity contribution is 0.138. The maximum Gasteiger partial charge on any atom is 0.123 e. The van der Waals surface area contributed by atoms with Crippen molar-refractivity contribution in [3.63, 3.8) is 0 Å². The Morgan fingerprint density at radius 1 is 1.24 bits per heavy atom. The zero-order valence-electron chi connectivity index (χ0n) is 12.4. The van der Waals surface area contributed by atoms with E-state index in [0.29, 0.717) is 0 Å². The van der Waals surface area contributed by atoms with Crippen LogP contribution >= 0.6 is 11.6 Å². The Kier molecular flexibility index (Phi) is 3.68. The van der Waals surface area contributed by atoms with E-state index >= 15 is 0 Å². The summed E-state index contributed by atoms with van der Waals surface area (Å²) in [5.74, 6) is 0.980. The van der Waals surface area contributed by atoms with Gasteiger partial charge in [0.1, 0.15) is 11.4 Å². The van der Waals surface area contributed by atoms with E-state index in [1.165, 1.54) is 5.56 Å².